The van der Waals surface area contributed by atoms with E-state index in [0.717, 1.165) is 57.5 Å². The van der Waals surface area contributed by atoms with Crippen molar-refractivity contribution in [3.63, 3.8) is 0 Å². The molecule has 0 spiro atoms. The molecule has 136 valence electrons. The Kier molecular flexibility index (Phi) is 4.98. The molecule has 2 aliphatic heterocycles. The van der Waals surface area contributed by atoms with Crippen LogP contribution in [-0.4, -0.2) is 53.5 Å². The maximum absolute atomic E-state index is 13.6. The number of amides is 1. The van der Waals surface area contributed by atoms with Crippen LogP contribution in [0.15, 0.2) is 30.3 Å². The maximum Gasteiger partial charge on any atom is 0.243 e. The molecule has 2 saturated heterocycles. The van der Waals surface area contributed by atoms with Crippen molar-refractivity contribution in [1.82, 2.24) is 9.80 Å². The number of anilines is 1. The van der Waals surface area contributed by atoms with Crippen LogP contribution in [0.4, 0.5) is 5.69 Å². The minimum absolute atomic E-state index is 0.175. The highest BCUT2D eigenvalue weighted by atomic mass is 16.2. The first-order valence-corrected chi connectivity index (χ1v) is 10.1. The Balaban J connectivity index is 1.45. The topological polar surface area (TPSA) is 35.6 Å². The molecule has 1 unspecified atom stereocenters. The number of piperidine rings is 1. The second-order valence-electron chi connectivity index (χ2n) is 8.03. The maximum atomic E-state index is 13.6. The fourth-order valence-electron chi connectivity index (χ4n) is 5.11. The largest absolute Gasteiger partial charge is 0.381 e. The van der Waals surface area contributed by atoms with Gasteiger partial charge in [0.25, 0.3) is 0 Å². The van der Waals surface area contributed by atoms with E-state index in [1.165, 1.54) is 25.7 Å². The molecule has 0 radical (unpaired) electrons. The normalized spacial score (nSPS) is 26.7. The Morgan fingerprint density at radius 2 is 1.68 bits per heavy atom. The third-order valence-electron chi connectivity index (χ3n) is 6.39. The van der Waals surface area contributed by atoms with Crippen molar-refractivity contribution in [2.75, 3.05) is 31.5 Å². The van der Waals surface area contributed by atoms with Crippen LogP contribution in [0, 0.1) is 0 Å². The van der Waals surface area contributed by atoms with E-state index in [2.05, 4.69) is 39.4 Å². The minimum Gasteiger partial charge on any atom is -0.381 e. The smallest absolute Gasteiger partial charge is 0.243 e. The molecule has 1 aromatic carbocycles. The molecule has 0 bridgehead atoms. The van der Waals surface area contributed by atoms with Gasteiger partial charge in [0, 0.05) is 24.8 Å². The summed E-state index contributed by atoms with van der Waals surface area (Å²) in [5, 5.41) is 3.63. The zero-order valence-electron chi connectivity index (χ0n) is 15.3. The van der Waals surface area contributed by atoms with E-state index in [1.54, 1.807) is 0 Å². The molecule has 1 aromatic rings. The van der Waals surface area contributed by atoms with Gasteiger partial charge in [0.1, 0.15) is 5.54 Å². The van der Waals surface area contributed by atoms with Gasteiger partial charge >= 0.3 is 0 Å². The monoisotopic (exact) mass is 341 g/mol. The van der Waals surface area contributed by atoms with Gasteiger partial charge in [-0.1, -0.05) is 31.0 Å². The molecule has 2 heterocycles. The van der Waals surface area contributed by atoms with E-state index in [4.69, 9.17) is 0 Å². The number of rotatable bonds is 4. The predicted molar refractivity (Wildman–Crippen MR) is 102 cm³/mol. The van der Waals surface area contributed by atoms with Crippen LogP contribution < -0.4 is 5.32 Å². The van der Waals surface area contributed by atoms with E-state index in [-0.39, 0.29) is 5.54 Å². The molecule has 4 nitrogen and oxygen atoms in total. The van der Waals surface area contributed by atoms with Crippen molar-refractivity contribution in [2.24, 2.45) is 0 Å². The third kappa shape index (κ3) is 3.41. The Hall–Kier alpha value is -1.55. The van der Waals surface area contributed by atoms with Crippen molar-refractivity contribution in [2.45, 2.75) is 62.9 Å². The molecular formula is C21H31N3O. The lowest BCUT2D eigenvalue weighted by molar-refractivity contribution is -0.145. The lowest BCUT2D eigenvalue weighted by atomic mass is 9.91. The van der Waals surface area contributed by atoms with Gasteiger partial charge < -0.3 is 10.2 Å². The summed E-state index contributed by atoms with van der Waals surface area (Å²) in [4.78, 5) is 18.3. The molecule has 3 fully saturated rings. The average Bonchev–Trinajstić information content (AvgIpc) is 3.34. The van der Waals surface area contributed by atoms with Crippen LogP contribution in [0.3, 0.4) is 0 Å². The van der Waals surface area contributed by atoms with Crippen LogP contribution in [0.25, 0.3) is 0 Å². The summed E-state index contributed by atoms with van der Waals surface area (Å²) in [6.07, 6.45) is 9.32. The summed E-state index contributed by atoms with van der Waals surface area (Å²) >= 11 is 0. The Morgan fingerprint density at radius 3 is 2.40 bits per heavy atom. The molecule has 4 heteroatoms. The van der Waals surface area contributed by atoms with Crippen LogP contribution in [0.2, 0.25) is 0 Å². The van der Waals surface area contributed by atoms with Crippen molar-refractivity contribution in [3.8, 4) is 0 Å². The van der Waals surface area contributed by atoms with Gasteiger partial charge in [-0.3, -0.25) is 9.69 Å². The van der Waals surface area contributed by atoms with Gasteiger partial charge in [-0.25, -0.2) is 0 Å². The molecule has 1 amide bonds. The van der Waals surface area contributed by atoms with Gasteiger partial charge in [0.15, 0.2) is 0 Å². The van der Waals surface area contributed by atoms with Crippen LogP contribution in [0.5, 0.6) is 0 Å². The number of hydrogen-bond donors (Lipinski definition) is 1. The summed E-state index contributed by atoms with van der Waals surface area (Å²) in [6, 6.07) is 10.8. The van der Waals surface area contributed by atoms with E-state index in [0.29, 0.717) is 11.9 Å². The lowest BCUT2D eigenvalue weighted by Gasteiger charge is -2.43. The molecule has 25 heavy (non-hydrogen) atoms. The number of nitrogens with zero attached hydrogens (tertiary/aromatic N) is 2. The number of para-hydroxylation sites is 1. The van der Waals surface area contributed by atoms with Gasteiger partial charge in [-0.05, 0) is 63.7 Å². The minimum atomic E-state index is -0.175. The van der Waals surface area contributed by atoms with Crippen LogP contribution in [-0.2, 0) is 4.79 Å². The third-order valence-corrected chi connectivity index (χ3v) is 6.39. The highest BCUT2D eigenvalue weighted by molar-refractivity contribution is 5.87. The number of nitrogens with one attached hydrogen (secondary N) is 1. The van der Waals surface area contributed by atoms with Gasteiger partial charge in [0.05, 0.1) is 0 Å². The van der Waals surface area contributed by atoms with Crippen LogP contribution in [0.1, 0.15) is 51.4 Å². The summed E-state index contributed by atoms with van der Waals surface area (Å²) in [6.45, 7) is 4.02. The quantitative estimate of drug-likeness (QED) is 0.910. The Morgan fingerprint density at radius 1 is 0.960 bits per heavy atom. The molecule has 3 aliphatic rings. The zero-order valence-corrected chi connectivity index (χ0v) is 15.3. The standard InChI is InChI=1S/C21H31N3O/c25-20(21(12-4-5-13-21)24-15-6-7-16-24)23-14-8-11-19(17-23)22-18-9-2-1-3-10-18/h1-3,9-10,19,22H,4-8,11-17H2. The summed E-state index contributed by atoms with van der Waals surface area (Å²) in [5.74, 6) is 0.423. The van der Waals surface area contributed by atoms with Crippen molar-refractivity contribution in [3.05, 3.63) is 30.3 Å². The number of benzene rings is 1. The molecule has 0 aromatic heterocycles. The molecular weight excluding hydrogens is 310 g/mol. The lowest BCUT2D eigenvalue weighted by Crippen LogP contribution is -2.59. The van der Waals surface area contributed by atoms with E-state index in [1.807, 2.05) is 6.07 Å². The highest BCUT2D eigenvalue weighted by Crippen LogP contribution is 2.39. The van der Waals surface area contributed by atoms with E-state index >= 15 is 0 Å². The molecule has 1 atom stereocenters. The molecule has 4 rings (SSSR count). The van der Waals surface area contributed by atoms with E-state index < -0.39 is 0 Å². The van der Waals surface area contributed by atoms with E-state index in [9.17, 15) is 4.79 Å². The Labute approximate surface area is 151 Å². The zero-order chi connectivity index (χ0) is 17.1. The first-order valence-electron chi connectivity index (χ1n) is 10.1. The number of carbonyl (C=O) groups is 1. The van der Waals surface area contributed by atoms with Crippen molar-refractivity contribution >= 4 is 11.6 Å². The molecule has 1 aliphatic carbocycles. The van der Waals surface area contributed by atoms with Gasteiger partial charge in [-0.2, -0.15) is 0 Å². The Bertz CT molecular complexity index is 576. The number of carbonyl (C=O) groups excluding carboxylic acids is 1. The van der Waals surface area contributed by atoms with Crippen molar-refractivity contribution < 1.29 is 4.79 Å². The van der Waals surface area contributed by atoms with Crippen LogP contribution >= 0.6 is 0 Å². The predicted octanol–water partition coefficient (Wildman–Crippen LogP) is 3.50. The first-order chi connectivity index (χ1) is 12.3. The summed E-state index contributed by atoms with van der Waals surface area (Å²) in [7, 11) is 0. The first kappa shape index (κ1) is 16.9. The fraction of sp³-hybridized carbons (Fsp3) is 0.667. The molecule has 1 saturated carbocycles. The second-order valence-corrected chi connectivity index (χ2v) is 8.03. The van der Waals surface area contributed by atoms with Gasteiger partial charge in [-0.15, -0.1) is 0 Å². The summed E-state index contributed by atoms with van der Waals surface area (Å²) in [5.41, 5.74) is 0.988. The van der Waals surface area contributed by atoms with Gasteiger partial charge in [0.2, 0.25) is 5.91 Å². The molecule has 1 N–H and O–H groups in total. The number of likely N-dealkylation sites (tertiary alicyclic amines) is 2. The fourth-order valence-corrected chi connectivity index (χ4v) is 5.11. The number of hydrogen-bond acceptors (Lipinski definition) is 3. The summed E-state index contributed by atoms with van der Waals surface area (Å²) < 4.78 is 0. The van der Waals surface area contributed by atoms with Crippen molar-refractivity contribution in [1.29, 1.82) is 0 Å². The SMILES string of the molecule is O=C(N1CCCC(Nc2ccccc2)C1)C1(N2CCCC2)CCCC1. The highest BCUT2D eigenvalue weighted by Gasteiger charge is 2.49. The second kappa shape index (κ2) is 7.36. The average molecular weight is 341 g/mol.